The Labute approximate surface area is 124 Å². The zero-order valence-electron chi connectivity index (χ0n) is 12.1. The Bertz CT molecular complexity index is 459. The molecule has 0 N–H and O–H groups in total. The van der Waals surface area contributed by atoms with Gasteiger partial charge < -0.3 is 19.0 Å². The fourth-order valence-electron chi connectivity index (χ4n) is 2.15. The second kappa shape index (κ2) is 7.90. The van der Waals surface area contributed by atoms with Crippen LogP contribution in [0.5, 0.6) is 0 Å². The lowest BCUT2D eigenvalue weighted by molar-refractivity contribution is -0.216. The summed E-state index contributed by atoms with van der Waals surface area (Å²) < 4.78 is 16.1. The molecule has 1 heterocycles. The number of ether oxygens (including phenoxy) is 3. The molecule has 0 aromatic heterocycles. The first-order valence-corrected chi connectivity index (χ1v) is 7.13. The average Bonchev–Trinajstić information content (AvgIpc) is 2.54. The summed E-state index contributed by atoms with van der Waals surface area (Å²) in [5.41, 5.74) is 0.915. The standard InChI is InChI=1S/C16H20O5/c1-12(21-16-14(10-17)8-5-9-19-16)15(18)20-11-13-6-3-2-4-7-13/h2-4,6-7,10,12,14,16H,5,8-9,11H2,1H3. The molecule has 114 valence electrons. The maximum atomic E-state index is 11.9. The minimum absolute atomic E-state index is 0.204. The van der Waals surface area contributed by atoms with E-state index in [1.165, 1.54) is 0 Å². The second-order valence-electron chi connectivity index (χ2n) is 5.05. The van der Waals surface area contributed by atoms with Gasteiger partial charge in [-0.15, -0.1) is 0 Å². The smallest absolute Gasteiger partial charge is 0.335 e. The molecule has 1 saturated heterocycles. The normalized spacial score (nSPS) is 23.3. The third-order valence-electron chi connectivity index (χ3n) is 3.38. The molecule has 0 bridgehead atoms. The number of rotatable bonds is 6. The highest BCUT2D eigenvalue weighted by molar-refractivity contribution is 5.74. The first-order chi connectivity index (χ1) is 10.2. The van der Waals surface area contributed by atoms with Gasteiger partial charge in [0, 0.05) is 6.61 Å². The van der Waals surface area contributed by atoms with Gasteiger partial charge in [0.25, 0.3) is 0 Å². The molecule has 1 aromatic rings. The highest BCUT2D eigenvalue weighted by Gasteiger charge is 2.30. The lowest BCUT2D eigenvalue weighted by Gasteiger charge is -2.29. The summed E-state index contributed by atoms with van der Waals surface area (Å²) in [7, 11) is 0. The Morgan fingerprint density at radius 1 is 1.43 bits per heavy atom. The van der Waals surface area contributed by atoms with Crippen LogP contribution in [0.15, 0.2) is 30.3 Å². The summed E-state index contributed by atoms with van der Waals surface area (Å²) in [6.45, 7) is 2.35. The van der Waals surface area contributed by atoms with Crippen molar-refractivity contribution >= 4 is 12.3 Å². The van der Waals surface area contributed by atoms with Crippen LogP contribution in [-0.4, -0.2) is 31.3 Å². The average molecular weight is 292 g/mol. The molecule has 2 rings (SSSR count). The van der Waals surface area contributed by atoms with E-state index in [9.17, 15) is 9.59 Å². The first-order valence-electron chi connectivity index (χ1n) is 7.13. The van der Waals surface area contributed by atoms with Crippen LogP contribution in [0.1, 0.15) is 25.3 Å². The van der Waals surface area contributed by atoms with Crippen LogP contribution >= 0.6 is 0 Å². The summed E-state index contributed by atoms with van der Waals surface area (Å²) >= 11 is 0. The summed E-state index contributed by atoms with van der Waals surface area (Å²) in [4.78, 5) is 22.9. The highest BCUT2D eigenvalue weighted by atomic mass is 16.7. The molecule has 3 atom stereocenters. The van der Waals surface area contributed by atoms with Crippen LogP contribution in [0, 0.1) is 5.92 Å². The lowest BCUT2D eigenvalue weighted by Crippen LogP contribution is -2.38. The van der Waals surface area contributed by atoms with Crippen molar-refractivity contribution in [1.82, 2.24) is 0 Å². The van der Waals surface area contributed by atoms with Crippen molar-refractivity contribution in [2.24, 2.45) is 5.92 Å². The van der Waals surface area contributed by atoms with Gasteiger partial charge in [-0.05, 0) is 25.3 Å². The molecule has 0 amide bonds. The van der Waals surface area contributed by atoms with Crippen LogP contribution < -0.4 is 0 Å². The van der Waals surface area contributed by atoms with E-state index < -0.39 is 18.4 Å². The van der Waals surface area contributed by atoms with E-state index in [1.807, 2.05) is 30.3 Å². The summed E-state index contributed by atoms with van der Waals surface area (Å²) in [6.07, 6.45) is 0.955. The fourth-order valence-corrected chi connectivity index (χ4v) is 2.15. The minimum atomic E-state index is -0.765. The molecule has 3 unspecified atom stereocenters. The molecule has 1 aliphatic heterocycles. The van der Waals surface area contributed by atoms with E-state index in [4.69, 9.17) is 14.2 Å². The molecule has 0 saturated carbocycles. The molecule has 5 nitrogen and oxygen atoms in total. The van der Waals surface area contributed by atoms with Crippen LogP contribution in [0.2, 0.25) is 0 Å². The topological polar surface area (TPSA) is 61.8 Å². The number of hydrogen-bond acceptors (Lipinski definition) is 5. The van der Waals surface area contributed by atoms with Crippen LogP contribution in [0.3, 0.4) is 0 Å². The van der Waals surface area contributed by atoms with Crippen LogP contribution in [-0.2, 0) is 30.4 Å². The van der Waals surface area contributed by atoms with E-state index in [2.05, 4.69) is 0 Å². The van der Waals surface area contributed by atoms with E-state index in [0.717, 1.165) is 24.7 Å². The molecule has 1 aliphatic rings. The van der Waals surface area contributed by atoms with Crippen molar-refractivity contribution < 1.29 is 23.8 Å². The monoisotopic (exact) mass is 292 g/mol. The lowest BCUT2D eigenvalue weighted by atomic mass is 10.0. The predicted octanol–water partition coefficient (Wildman–Crippen LogP) is 2.09. The molecular formula is C16H20O5. The summed E-state index contributed by atoms with van der Waals surface area (Å²) in [6, 6.07) is 9.43. The Hall–Kier alpha value is -1.72. The molecule has 0 aliphatic carbocycles. The molecule has 0 spiro atoms. The van der Waals surface area contributed by atoms with Gasteiger partial charge in [0.1, 0.15) is 12.9 Å². The van der Waals surface area contributed by atoms with Gasteiger partial charge in [-0.1, -0.05) is 30.3 Å². The SMILES string of the molecule is CC(OC1OCCCC1C=O)C(=O)OCc1ccccc1. The third kappa shape index (κ3) is 4.65. The molecule has 1 aromatic carbocycles. The Morgan fingerprint density at radius 2 is 2.19 bits per heavy atom. The number of carbonyl (C=O) groups is 2. The van der Waals surface area contributed by atoms with Crippen LogP contribution in [0.4, 0.5) is 0 Å². The zero-order valence-corrected chi connectivity index (χ0v) is 12.1. The van der Waals surface area contributed by atoms with Crippen molar-refractivity contribution in [3.05, 3.63) is 35.9 Å². The van der Waals surface area contributed by atoms with E-state index in [-0.39, 0.29) is 12.5 Å². The highest BCUT2D eigenvalue weighted by Crippen LogP contribution is 2.21. The predicted molar refractivity (Wildman–Crippen MR) is 75.3 cm³/mol. The van der Waals surface area contributed by atoms with E-state index >= 15 is 0 Å². The van der Waals surface area contributed by atoms with E-state index in [0.29, 0.717) is 6.61 Å². The molecule has 21 heavy (non-hydrogen) atoms. The number of hydrogen-bond donors (Lipinski definition) is 0. The van der Waals surface area contributed by atoms with Crippen molar-refractivity contribution in [2.45, 2.75) is 38.8 Å². The fraction of sp³-hybridized carbons (Fsp3) is 0.500. The van der Waals surface area contributed by atoms with Crippen molar-refractivity contribution in [3.63, 3.8) is 0 Å². The third-order valence-corrected chi connectivity index (χ3v) is 3.38. The van der Waals surface area contributed by atoms with Gasteiger partial charge in [-0.25, -0.2) is 4.79 Å². The minimum Gasteiger partial charge on any atom is -0.459 e. The quantitative estimate of drug-likeness (QED) is 0.593. The van der Waals surface area contributed by atoms with Gasteiger partial charge >= 0.3 is 5.97 Å². The Morgan fingerprint density at radius 3 is 2.90 bits per heavy atom. The maximum absolute atomic E-state index is 11.9. The van der Waals surface area contributed by atoms with Gasteiger partial charge in [-0.2, -0.15) is 0 Å². The molecular weight excluding hydrogens is 272 g/mol. The number of benzene rings is 1. The van der Waals surface area contributed by atoms with Crippen LogP contribution in [0.25, 0.3) is 0 Å². The molecule has 1 fully saturated rings. The number of esters is 1. The first kappa shape index (κ1) is 15.7. The molecule has 0 radical (unpaired) electrons. The van der Waals surface area contributed by atoms with Gasteiger partial charge in [0.15, 0.2) is 12.4 Å². The van der Waals surface area contributed by atoms with Gasteiger partial charge in [-0.3, -0.25) is 0 Å². The Balaban J connectivity index is 1.80. The largest absolute Gasteiger partial charge is 0.459 e. The second-order valence-corrected chi connectivity index (χ2v) is 5.05. The Kier molecular flexibility index (Phi) is 5.90. The van der Waals surface area contributed by atoms with Gasteiger partial charge in [0.2, 0.25) is 0 Å². The maximum Gasteiger partial charge on any atom is 0.335 e. The van der Waals surface area contributed by atoms with Crippen molar-refractivity contribution in [1.29, 1.82) is 0 Å². The van der Waals surface area contributed by atoms with Gasteiger partial charge in [0.05, 0.1) is 5.92 Å². The van der Waals surface area contributed by atoms with Crippen molar-refractivity contribution in [2.75, 3.05) is 6.61 Å². The van der Waals surface area contributed by atoms with E-state index in [1.54, 1.807) is 6.92 Å². The zero-order chi connectivity index (χ0) is 15.1. The number of aldehydes is 1. The summed E-state index contributed by atoms with van der Waals surface area (Å²) in [5.74, 6) is -0.777. The summed E-state index contributed by atoms with van der Waals surface area (Å²) in [5, 5.41) is 0. The number of carbonyl (C=O) groups excluding carboxylic acids is 2. The van der Waals surface area contributed by atoms with Crippen molar-refractivity contribution in [3.8, 4) is 0 Å². The molecule has 5 heteroatoms.